The molecule has 33 heavy (non-hydrogen) atoms. The number of carboxylic acids is 1. The van der Waals surface area contributed by atoms with Crippen molar-refractivity contribution in [1.82, 2.24) is 19.2 Å². The Hall–Kier alpha value is -3.20. The Labute approximate surface area is 198 Å². The summed E-state index contributed by atoms with van der Waals surface area (Å²) < 4.78 is 18.3. The minimum Gasteiger partial charge on any atom is -0.479 e. The summed E-state index contributed by atoms with van der Waals surface area (Å²) in [6.07, 6.45) is 6.30. The maximum atomic E-state index is 14.0. The Morgan fingerprint density at radius 3 is 2.61 bits per heavy atom. The molecule has 1 saturated carbocycles. The summed E-state index contributed by atoms with van der Waals surface area (Å²) in [6.45, 7) is 0. The van der Waals surface area contributed by atoms with Crippen molar-refractivity contribution in [2.24, 2.45) is 5.92 Å². The molecule has 0 amide bonds. The van der Waals surface area contributed by atoms with E-state index in [1.165, 1.54) is 0 Å². The lowest BCUT2D eigenvalue weighted by atomic mass is 9.78. The molecule has 9 heteroatoms. The van der Waals surface area contributed by atoms with Crippen LogP contribution in [0.4, 0.5) is 10.2 Å². The van der Waals surface area contributed by atoms with Crippen LogP contribution in [0.25, 0.3) is 22.5 Å². The molecule has 3 aromatic heterocycles. The van der Waals surface area contributed by atoms with Crippen LogP contribution in [-0.2, 0) is 4.79 Å². The number of carbonyl (C=O) groups is 1. The number of nitrogens with two attached hydrogens (primary N) is 1. The molecule has 1 atom stereocenters. The number of hydrogen-bond donors (Lipinski definition) is 2. The number of nitrogen functional groups attached to an aromatic ring is 1. The van der Waals surface area contributed by atoms with E-state index in [2.05, 4.69) is 21.0 Å². The van der Waals surface area contributed by atoms with E-state index in [1.54, 1.807) is 10.7 Å². The van der Waals surface area contributed by atoms with Gasteiger partial charge in [0, 0.05) is 41.0 Å². The number of benzene rings is 1. The summed E-state index contributed by atoms with van der Waals surface area (Å²) in [5.74, 6) is -1.31. The monoisotopic (exact) mass is 511 g/mol. The minimum absolute atomic E-state index is 0.0700. The lowest BCUT2D eigenvalue weighted by molar-refractivity contribution is -0.145. The molecule has 3 heterocycles. The molecule has 0 spiro atoms. The van der Waals surface area contributed by atoms with Gasteiger partial charge in [0.05, 0.1) is 16.4 Å². The number of rotatable bonds is 5. The number of alkyl halides is 1. The Morgan fingerprint density at radius 2 is 1.91 bits per heavy atom. The predicted molar refractivity (Wildman–Crippen MR) is 127 cm³/mol. The number of fused-ring (bicyclic) bond motifs is 1. The molecule has 1 fully saturated rings. The number of halogens is 2. The van der Waals surface area contributed by atoms with Crippen LogP contribution in [0.3, 0.4) is 0 Å². The van der Waals surface area contributed by atoms with Crippen LogP contribution < -0.4 is 5.73 Å². The molecule has 7 nitrogen and oxygen atoms in total. The van der Waals surface area contributed by atoms with Crippen molar-refractivity contribution < 1.29 is 14.3 Å². The maximum Gasteiger partial charge on any atom is 0.338 e. The van der Waals surface area contributed by atoms with Crippen molar-refractivity contribution in [3.05, 3.63) is 65.2 Å². The van der Waals surface area contributed by atoms with Crippen molar-refractivity contribution in [3.63, 3.8) is 0 Å². The van der Waals surface area contributed by atoms with Gasteiger partial charge >= 0.3 is 5.97 Å². The second-order valence-corrected chi connectivity index (χ2v) is 9.28. The Morgan fingerprint density at radius 1 is 1.18 bits per heavy atom. The summed E-state index contributed by atoms with van der Waals surface area (Å²) >= 11 is 3.58. The number of hydrogen-bond acceptors (Lipinski definition) is 4. The van der Waals surface area contributed by atoms with Gasteiger partial charge in [-0.2, -0.15) is 9.61 Å². The van der Waals surface area contributed by atoms with Gasteiger partial charge in [-0.3, -0.25) is 0 Å². The third-order valence-electron chi connectivity index (χ3n) is 6.51. The highest BCUT2D eigenvalue weighted by Crippen LogP contribution is 2.41. The molecule has 170 valence electrons. The fourth-order valence-electron chi connectivity index (χ4n) is 4.69. The normalized spacial score (nSPS) is 19.6. The number of para-hydroxylation sites is 1. The van der Waals surface area contributed by atoms with Crippen molar-refractivity contribution in [2.75, 3.05) is 5.73 Å². The summed E-state index contributed by atoms with van der Waals surface area (Å²) in [5.41, 5.74) is 10.8. The van der Waals surface area contributed by atoms with E-state index in [0.29, 0.717) is 41.6 Å². The number of nitrogens with zero attached hydrogens (tertiary/aromatic N) is 4. The van der Waals surface area contributed by atoms with Crippen molar-refractivity contribution in [1.29, 1.82) is 0 Å². The highest BCUT2D eigenvalue weighted by molar-refractivity contribution is 9.10. The zero-order valence-electron chi connectivity index (χ0n) is 17.7. The Bertz CT molecular complexity index is 1310. The van der Waals surface area contributed by atoms with Crippen LogP contribution >= 0.6 is 15.9 Å². The van der Waals surface area contributed by atoms with Crippen LogP contribution in [0.2, 0.25) is 0 Å². The molecular weight excluding hydrogens is 489 g/mol. The molecule has 0 radical (unpaired) electrons. The lowest BCUT2D eigenvalue weighted by Crippen LogP contribution is -2.28. The van der Waals surface area contributed by atoms with Gasteiger partial charge in [-0.15, -0.1) is 0 Å². The topological polar surface area (TPSA) is 98.4 Å². The fraction of sp³-hybridized carbons (Fsp3) is 0.292. The molecule has 0 aliphatic heterocycles. The van der Waals surface area contributed by atoms with Gasteiger partial charge < -0.3 is 15.4 Å². The van der Waals surface area contributed by atoms with Crippen molar-refractivity contribution in [2.45, 2.75) is 37.8 Å². The molecule has 1 aromatic carbocycles. The molecule has 1 unspecified atom stereocenters. The van der Waals surface area contributed by atoms with E-state index in [-0.39, 0.29) is 5.92 Å². The quantitative estimate of drug-likeness (QED) is 0.382. The van der Waals surface area contributed by atoms with Gasteiger partial charge in [0.1, 0.15) is 5.82 Å². The average Bonchev–Trinajstić information content (AvgIpc) is 3.49. The number of carboxylic acid groups (broad SMARTS) is 1. The van der Waals surface area contributed by atoms with Crippen molar-refractivity contribution in [3.8, 4) is 16.8 Å². The van der Waals surface area contributed by atoms with Gasteiger partial charge in [-0.05, 0) is 59.8 Å². The van der Waals surface area contributed by atoms with Crippen LogP contribution in [0.1, 0.15) is 37.3 Å². The molecule has 4 aromatic rings. The fourth-order valence-corrected chi connectivity index (χ4v) is 5.27. The third-order valence-corrected chi connectivity index (χ3v) is 7.33. The van der Waals surface area contributed by atoms with Crippen molar-refractivity contribution >= 4 is 33.4 Å². The molecule has 0 bridgehead atoms. The summed E-state index contributed by atoms with van der Waals surface area (Å²) in [5, 5.41) is 13.4. The molecule has 3 N–H and O–H groups in total. The first-order valence-electron chi connectivity index (χ1n) is 10.9. The third kappa shape index (κ3) is 3.90. The van der Waals surface area contributed by atoms with E-state index in [9.17, 15) is 9.18 Å². The van der Waals surface area contributed by atoms with Crippen LogP contribution in [0, 0.1) is 5.92 Å². The second-order valence-electron chi connectivity index (χ2n) is 8.48. The summed E-state index contributed by atoms with van der Waals surface area (Å²) in [7, 11) is 0. The molecular formula is C24H23BrFN5O2. The number of anilines is 1. The number of aliphatic carboxylic acids is 1. The minimum atomic E-state index is -1.81. The first-order valence-corrected chi connectivity index (χ1v) is 11.7. The second kappa shape index (κ2) is 8.62. The average molecular weight is 512 g/mol. The smallest absolute Gasteiger partial charge is 0.338 e. The summed E-state index contributed by atoms with van der Waals surface area (Å²) in [4.78, 5) is 15.9. The van der Waals surface area contributed by atoms with E-state index in [4.69, 9.17) is 15.8 Å². The highest BCUT2D eigenvalue weighted by Gasteiger charge is 2.34. The van der Waals surface area contributed by atoms with E-state index >= 15 is 0 Å². The van der Waals surface area contributed by atoms with Crippen LogP contribution in [0.15, 0.2) is 59.5 Å². The van der Waals surface area contributed by atoms with Gasteiger partial charge in [0.25, 0.3) is 0 Å². The largest absolute Gasteiger partial charge is 0.479 e. The van der Waals surface area contributed by atoms with Gasteiger partial charge in [-0.1, -0.05) is 18.2 Å². The van der Waals surface area contributed by atoms with Crippen LogP contribution in [0.5, 0.6) is 0 Å². The van der Waals surface area contributed by atoms with Crippen LogP contribution in [-0.4, -0.2) is 36.4 Å². The van der Waals surface area contributed by atoms with E-state index in [0.717, 1.165) is 22.5 Å². The zero-order chi connectivity index (χ0) is 23.1. The zero-order valence-corrected chi connectivity index (χ0v) is 19.3. The Balaban J connectivity index is 1.48. The Kier molecular flexibility index (Phi) is 5.65. The predicted octanol–water partition coefficient (Wildman–Crippen LogP) is 5.23. The first-order chi connectivity index (χ1) is 15.9. The summed E-state index contributed by atoms with van der Waals surface area (Å²) in [6, 6.07) is 12.1. The highest BCUT2D eigenvalue weighted by atomic mass is 79.9. The van der Waals surface area contributed by atoms with Gasteiger partial charge in [0.15, 0.2) is 11.8 Å². The van der Waals surface area contributed by atoms with Gasteiger partial charge in [-0.25, -0.2) is 14.2 Å². The maximum absolute atomic E-state index is 14.0. The first kappa shape index (κ1) is 21.6. The molecule has 1 aliphatic rings. The standard InChI is InChI=1S/C24H23BrFN5O2/c25-19-21(15-8-6-14(7-9-15)20(26)24(32)33)29-23-18(12-28-31(23)22(19)27)16-10-11-30(13-16)17-4-2-1-3-5-17/h1-5,10-15,20H,6-9,27H2,(H,32,33). The molecule has 0 saturated heterocycles. The van der Waals surface area contributed by atoms with E-state index in [1.807, 2.05) is 53.4 Å². The molecule has 5 rings (SSSR count). The van der Waals surface area contributed by atoms with E-state index < -0.39 is 18.1 Å². The molecule has 1 aliphatic carbocycles. The number of aromatic nitrogens is 4. The van der Waals surface area contributed by atoms with Gasteiger partial charge in [0.2, 0.25) is 0 Å². The SMILES string of the molecule is Nc1c(Br)c(C2CCC(C(F)C(=O)O)CC2)nc2c(-c3ccn(-c4ccccc4)c3)cnn12. The lowest BCUT2D eigenvalue weighted by Gasteiger charge is -2.29.